The molecule has 0 aromatic rings. The summed E-state index contributed by atoms with van der Waals surface area (Å²) in [5.74, 6) is -0.659. The second-order valence-electron chi connectivity index (χ2n) is 6.43. The van der Waals surface area contributed by atoms with Crippen molar-refractivity contribution in [3.63, 3.8) is 0 Å². The van der Waals surface area contributed by atoms with Crippen molar-refractivity contribution >= 4 is 16.4 Å². The summed E-state index contributed by atoms with van der Waals surface area (Å²) >= 11 is 0. The Balaban J connectivity index is -0.000000392. The molecule has 0 aromatic heterocycles. The van der Waals surface area contributed by atoms with Crippen molar-refractivity contribution in [3.8, 4) is 0 Å². The fraction of sp³-hybridized carbons (Fsp3) is 0.944. The Bertz CT molecular complexity index is 411. The van der Waals surface area contributed by atoms with Gasteiger partial charge in [0.15, 0.2) is 0 Å². The van der Waals surface area contributed by atoms with Gasteiger partial charge in [-0.25, -0.2) is 0 Å². The first-order valence-corrected chi connectivity index (χ1v) is 11.5. The summed E-state index contributed by atoms with van der Waals surface area (Å²) in [6, 6.07) is 0. The highest BCUT2D eigenvalue weighted by atomic mass is 32.3. The van der Waals surface area contributed by atoms with E-state index in [0.717, 1.165) is 12.8 Å². The quantitative estimate of drug-likeness (QED) is 0.150. The molecule has 0 heterocycles. The molecule has 0 rings (SSSR count). The zero-order valence-corrected chi connectivity index (χ0v) is 18.4. The van der Waals surface area contributed by atoms with Gasteiger partial charge in [-0.2, -0.15) is 8.42 Å². The molecule has 11 heteroatoms. The Morgan fingerprint density at radius 2 is 1.03 bits per heavy atom. The average Bonchev–Trinajstić information content (AvgIpc) is 2.60. The maximum atomic E-state index is 10.2. The van der Waals surface area contributed by atoms with Crippen LogP contribution < -0.4 is 0 Å². The Hall–Kier alpha value is -0.820. The van der Waals surface area contributed by atoms with Crippen LogP contribution in [0.15, 0.2) is 0 Å². The third-order valence-corrected chi connectivity index (χ3v) is 3.74. The van der Waals surface area contributed by atoms with Crippen molar-refractivity contribution in [1.82, 2.24) is 4.90 Å². The van der Waals surface area contributed by atoms with E-state index in [9.17, 15) is 4.79 Å². The molecular weight excluding hydrogens is 406 g/mol. The number of carboxylic acids is 1. The number of aliphatic hydroxyl groups excluding tert-OH is 3. The van der Waals surface area contributed by atoms with Gasteiger partial charge in [0, 0.05) is 26.1 Å². The molecule has 0 spiro atoms. The molecule has 0 saturated carbocycles. The molecule has 10 nitrogen and oxygen atoms in total. The van der Waals surface area contributed by atoms with Crippen molar-refractivity contribution in [3.05, 3.63) is 0 Å². The van der Waals surface area contributed by atoms with Crippen LogP contribution in [-0.4, -0.2) is 88.3 Å². The Labute approximate surface area is 175 Å². The van der Waals surface area contributed by atoms with E-state index in [1.54, 1.807) is 4.90 Å². The average molecular weight is 448 g/mol. The zero-order chi connectivity index (χ0) is 23.0. The topological polar surface area (TPSA) is 176 Å². The van der Waals surface area contributed by atoms with Crippen LogP contribution in [0.3, 0.4) is 0 Å². The highest BCUT2D eigenvalue weighted by Gasteiger charge is 2.00. The van der Waals surface area contributed by atoms with Gasteiger partial charge in [0.2, 0.25) is 0 Å². The lowest BCUT2D eigenvalue weighted by Crippen LogP contribution is -2.32. The smallest absolute Gasteiger partial charge is 0.394 e. The maximum Gasteiger partial charge on any atom is 0.394 e. The SMILES string of the molecule is CCCCCCCCCCCC(=O)O.O=S(=O)(O)O.OCCN(CCO)CCO. The van der Waals surface area contributed by atoms with E-state index in [2.05, 4.69) is 6.92 Å². The number of carboxylic acid groups (broad SMARTS) is 1. The fourth-order valence-electron chi connectivity index (χ4n) is 2.35. The molecule has 0 radical (unpaired) electrons. The lowest BCUT2D eigenvalue weighted by atomic mass is 10.1. The van der Waals surface area contributed by atoms with E-state index in [1.165, 1.54) is 44.9 Å². The van der Waals surface area contributed by atoms with E-state index in [1.807, 2.05) is 0 Å². The van der Waals surface area contributed by atoms with E-state index >= 15 is 0 Å². The molecule has 29 heavy (non-hydrogen) atoms. The molecule has 178 valence electrons. The first-order valence-electron chi connectivity index (χ1n) is 10.1. The highest BCUT2D eigenvalue weighted by Crippen LogP contribution is 2.10. The van der Waals surface area contributed by atoms with Gasteiger partial charge in [-0.3, -0.25) is 18.8 Å². The standard InChI is InChI=1S/C12H24O2.C6H15NO3.H2O4S/c1-2-3-4-5-6-7-8-9-10-11-12(13)14;8-4-1-7(2-5-9)3-6-10;1-5(2,3)4/h2-11H2,1H3,(H,13,14);8-10H,1-6H2;(H2,1,2,3,4). The van der Waals surface area contributed by atoms with Crippen LogP contribution in [0, 0.1) is 0 Å². The lowest BCUT2D eigenvalue weighted by molar-refractivity contribution is -0.137. The number of hydrogen-bond acceptors (Lipinski definition) is 7. The van der Waals surface area contributed by atoms with Gasteiger partial charge in [-0.1, -0.05) is 58.3 Å². The summed E-state index contributed by atoms with van der Waals surface area (Å²) in [6.07, 6.45) is 11.5. The first kappa shape index (κ1) is 32.8. The van der Waals surface area contributed by atoms with Crippen LogP contribution >= 0.6 is 0 Å². The van der Waals surface area contributed by atoms with Gasteiger partial charge >= 0.3 is 16.4 Å². The molecule has 0 aliphatic heterocycles. The number of aliphatic hydroxyl groups is 3. The lowest BCUT2D eigenvalue weighted by Gasteiger charge is -2.17. The summed E-state index contributed by atoms with van der Waals surface area (Å²) in [5, 5.41) is 33.9. The van der Waals surface area contributed by atoms with Crippen LogP contribution in [0.4, 0.5) is 0 Å². The highest BCUT2D eigenvalue weighted by molar-refractivity contribution is 7.79. The van der Waals surface area contributed by atoms with E-state index in [-0.39, 0.29) is 19.8 Å². The molecule has 0 amide bonds. The van der Waals surface area contributed by atoms with E-state index in [0.29, 0.717) is 26.1 Å². The minimum atomic E-state index is -4.67. The van der Waals surface area contributed by atoms with Crippen molar-refractivity contribution in [2.24, 2.45) is 0 Å². The minimum absolute atomic E-state index is 0.0694. The van der Waals surface area contributed by atoms with Gasteiger partial charge in [-0.15, -0.1) is 0 Å². The molecular formula is C18H41NO9S. The molecule has 0 saturated heterocycles. The van der Waals surface area contributed by atoms with Crippen molar-refractivity contribution in [2.45, 2.75) is 71.1 Å². The summed E-state index contributed by atoms with van der Waals surface area (Å²) in [5.41, 5.74) is 0. The Morgan fingerprint density at radius 3 is 1.31 bits per heavy atom. The number of hydrogen-bond donors (Lipinski definition) is 6. The van der Waals surface area contributed by atoms with Crippen molar-refractivity contribution in [1.29, 1.82) is 0 Å². The summed E-state index contributed by atoms with van der Waals surface area (Å²) in [6.45, 7) is 3.98. The summed E-state index contributed by atoms with van der Waals surface area (Å²) < 4.78 is 31.6. The van der Waals surface area contributed by atoms with Crippen LogP contribution in [0.2, 0.25) is 0 Å². The van der Waals surface area contributed by atoms with E-state index in [4.69, 9.17) is 37.9 Å². The number of unbranched alkanes of at least 4 members (excludes halogenated alkanes) is 8. The first-order chi connectivity index (χ1) is 13.6. The number of aliphatic carboxylic acids is 1. The molecule has 0 aliphatic rings. The summed E-state index contributed by atoms with van der Waals surface area (Å²) in [7, 11) is -4.67. The Morgan fingerprint density at radius 1 is 0.724 bits per heavy atom. The molecule has 0 atom stereocenters. The van der Waals surface area contributed by atoms with Crippen LogP contribution in [0.5, 0.6) is 0 Å². The normalized spacial score (nSPS) is 10.7. The second-order valence-corrected chi connectivity index (χ2v) is 7.33. The summed E-state index contributed by atoms with van der Waals surface area (Å²) in [4.78, 5) is 12.0. The van der Waals surface area contributed by atoms with Gasteiger partial charge in [0.25, 0.3) is 0 Å². The fourth-order valence-corrected chi connectivity index (χ4v) is 2.35. The minimum Gasteiger partial charge on any atom is -0.481 e. The molecule has 0 aliphatic carbocycles. The van der Waals surface area contributed by atoms with Crippen LogP contribution in [0.25, 0.3) is 0 Å². The van der Waals surface area contributed by atoms with Gasteiger partial charge in [0.1, 0.15) is 0 Å². The van der Waals surface area contributed by atoms with Gasteiger partial charge in [-0.05, 0) is 6.42 Å². The molecule has 0 bridgehead atoms. The monoisotopic (exact) mass is 447 g/mol. The molecule has 0 unspecified atom stereocenters. The predicted octanol–water partition coefficient (Wildman–Crippen LogP) is 1.60. The predicted molar refractivity (Wildman–Crippen MR) is 111 cm³/mol. The van der Waals surface area contributed by atoms with Gasteiger partial charge in [0.05, 0.1) is 19.8 Å². The number of rotatable bonds is 16. The van der Waals surface area contributed by atoms with E-state index < -0.39 is 16.4 Å². The molecule has 6 N–H and O–H groups in total. The van der Waals surface area contributed by atoms with Crippen molar-refractivity contribution < 1.29 is 42.7 Å². The molecule has 0 aromatic carbocycles. The Kier molecular flexibility index (Phi) is 28.6. The zero-order valence-electron chi connectivity index (χ0n) is 17.6. The van der Waals surface area contributed by atoms with Crippen LogP contribution in [0.1, 0.15) is 71.1 Å². The third-order valence-electron chi connectivity index (χ3n) is 3.74. The molecule has 0 fully saturated rings. The number of nitrogens with zero attached hydrogens (tertiary/aromatic N) is 1. The van der Waals surface area contributed by atoms with Gasteiger partial charge < -0.3 is 20.4 Å². The van der Waals surface area contributed by atoms with Crippen molar-refractivity contribution in [2.75, 3.05) is 39.5 Å². The van der Waals surface area contributed by atoms with Crippen LogP contribution in [-0.2, 0) is 15.2 Å². The second kappa shape index (κ2) is 25.2. The largest absolute Gasteiger partial charge is 0.481 e. The number of carbonyl (C=O) groups is 1. The maximum absolute atomic E-state index is 10.2. The third kappa shape index (κ3) is 46.8.